The van der Waals surface area contributed by atoms with Gasteiger partial charge in [0.1, 0.15) is 16.9 Å². The second-order valence-corrected chi connectivity index (χ2v) is 6.30. The number of guanidine groups is 1. The zero-order chi connectivity index (χ0) is 16.8. The topological polar surface area (TPSA) is 127 Å². The van der Waals surface area contributed by atoms with E-state index in [1.54, 1.807) is 41.5 Å². The van der Waals surface area contributed by atoms with Crippen molar-refractivity contribution in [3.63, 3.8) is 0 Å². The summed E-state index contributed by atoms with van der Waals surface area (Å²) in [6.45, 7) is 9.97. The number of nitrogens with zero attached hydrogens (tertiary/aromatic N) is 1. The minimum Gasteiger partial charge on any atom is -0.455 e. The van der Waals surface area contributed by atoms with Crippen LogP contribution < -0.4 is 11.1 Å². The summed E-state index contributed by atoms with van der Waals surface area (Å²) in [5.41, 5.74) is 3.59. The van der Waals surface area contributed by atoms with Crippen LogP contribution in [0.1, 0.15) is 41.5 Å². The third-order valence-electron chi connectivity index (χ3n) is 1.69. The Labute approximate surface area is 124 Å². The first kappa shape index (κ1) is 18.9. The number of amides is 1. The highest BCUT2D eigenvalue weighted by Gasteiger charge is 2.23. The lowest BCUT2D eigenvalue weighted by atomic mass is 10.2. The van der Waals surface area contributed by atoms with Crippen molar-refractivity contribution in [2.24, 2.45) is 10.7 Å². The van der Waals surface area contributed by atoms with E-state index in [-0.39, 0.29) is 12.3 Å². The smallest absolute Gasteiger partial charge is 0.407 e. The molecule has 0 fully saturated rings. The number of aliphatic imine (C=N–C) groups is 1. The Balaban J connectivity index is 4.78. The van der Waals surface area contributed by atoms with E-state index in [9.17, 15) is 9.59 Å². The average molecular weight is 300 g/mol. The highest BCUT2D eigenvalue weighted by atomic mass is 16.6. The molecule has 0 aromatic heterocycles. The van der Waals surface area contributed by atoms with Crippen LogP contribution in [-0.4, -0.2) is 41.5 Å². The molecule has 0 radical (unpaired) electrons. The molecule has 0 spiro atoms. The molecule has 0 aromatic rings. The second-order valence-electron chi connectivity index (χ2n) is 6.30. The minimum atomic E-state index is -0.756. The summed E-state index contributed by atoms with van der Waals surface area (Å²) >= 11 is 0. The van der Waals surface area contributed by atoms with Crippen LogP contribution in [0.25, 0.3) is 0 Å². The molecule has 0 rings (SSSR count). The summed E-state index contributed by atoms with van der Waals surface area (Å²) in [5, 5.41) is 9.48. The number of alkyl carbamates (subject to hydrolysis) is 1. The Hall–Kier alpha value is -2.12. The number of esters is 1. The van der Waals surface area contributed by atoms with Crippen molar-refractivity contribution >= 4 is 23.7 Å². The average Bonchev–Trinajstić information content (AvgIpc) is 2.18. The molecule has 0 atom stereocenters. The number of rotatable bonds is 3. The molecule has 4 N–H and O–H groups in total. The zero-order valence-corrected chi connectivity index (χ0v) is 13.4. The predicted octanol–water partition coefficient (Wildman–Crippen LogP) is 1.19. The number of hydrogen-bond acceptors (Lipinski definition) is 5. The van der Waals surface area contributed by atoms with Crippen LogP contribution in [0.5, 0.6) is 0 Å². The first-order chi connectivity index (χ1) is 9.30. The summed E-state index contributed by atoms with van der Waals surface area (Å²) < 4.78 is 10.2. The molecule has 0 heterocycles. The maximum absolute atomic E-state index is 11.9. The molecule has 0 aromatic carbocycles. The fourth-order valence-corrected chi connectivity index (χ4v) is 1.11. The molecule has 0 saturated heterocycles. The number of hydrogen-bond donors (Lipinski definition) is 3. The maximum atomic E-state index is 11.9. The van der Waals surface area contributed by atoms with E-state index in [4.69, 9.17) is 20.6 Å². The first-order valence-corrected chi connectivity index (χ1v) is 6.42. The van der Waals surface area contributed by atoms with Gasteiger partial charge in [0.15, 0.2) is 0 Å². The Morgan fingerprint density at radius 2 is 1.57 bits per heavy atom. The number of carbonyl (C=O) groups is 2. The molecular formula is C13H24N4O4. The van der Waals surface area contributed by atoms with Gasteiger partial charge in [0, 0.05) is 0 Å². The summed E-state index contributed by atoms with van der Waals surface area (Å²) in [4.78, 5) is 27.0. The molecule has 0 bridgehead atoms. The van der Waals surface area contributed by atoms with Crippen LogP contribution >= 0.6 is 0 Å². The fraction of sp³-hybridized carbons (Fsp3) is 0.692. The van der Waals surface area contributed by atoms with E-state index >= 15 is 0 Å². The van der Waals surface area contributed by atoms with Crippen molar-refractivity contribution in [1.82, 2.24) is 5.32 Å². The van der Waals surface area contributed by atoms with Gasteiger partial charge in [-0.05, 0) is 41.5 Å². The summed E-state index contributed by atoms with van der Waals surface area (Å²) in [6.07, 6.45) is -0.706. The summed E-state index contributed by atoms with van der Waals surface area (Å²) in [6, 6.07) is 0. The molecule has 0 aliphatic carbocycles. The van der Waals surface area contributed by atoms with Crippen LogP contribution in [0.15, 0.2) is 4.99 Å². The van der Waals surface area contributed by atoms with Gasteiger partial charge in [-0.2, -0.15) is 0 Å². The van der Waals surface area contributed by atoms with E-state index in [0.717, 1.165) is 0 Å². The van der Waals surface area contributed by atoms with Gasteiger partial charge in [-0.25, -0.2) is 14.6 Å². The van der Waals surface area contributed by atoms with Crippen molar-refractivity contribution in [1.29, 1.82) is 5.41 Å². The van der Waals surface area contributed by atoms with Crippen molar-refractivity contribution in [3.8, 4) is 0 Å². The van der Waals surface area contributed by atoms with Crippen molar-refractivity contribution in [2.45, 2.75) is 52.7 Å². The Morgan fingerprint density at radius 1 is 1.10 bits per heavy atom. The molecule has 1 amide bonds. The third kappa shape index (κ3) is 10.3. The van der Waals surface area contributed by atoms with Crippen molar-refractivity contribution in [2.75, 3.05) is 6.54 Å². The summed E-state index contributed by atoms with van der Waals surface area (Å²) in [5.74, 6) is -1.31. The van der Waals surface area contributed by atoms with E-state index < -0.39 is 29.2 Å². The van der Waals surface area contributed by atoms with E-state index in [2.05, 4.69) is 10.3 Å². The van der Waals surface area contributed by atoms with Crippen LogP contribution in [0.3, 0.4) is 0 Å². The van der Waals surface area contributed by atoms with Crippen LogP contribution in [0, 0.1) is 5.41 Å². The Bertz CT molecular complexity index is 444. The highest BCUT2D eigenvalue weighted by Crippen LogP contribution is 2.08. The zero-order valence-electron chi connectivity index (χ0n) is 13.4. The van der Waals surface area contributed by atoms with Gasteiger partial charge in [-0.1, -0.05) is 0 Å². The molecule has 0 aliphatic heterocycles. The molecule has 0 aliphatic rings. The first-order valence-electron chi connectivity index (χ1n) is 6.42. The van der Waals surface area contributed by atoms with Crippen molar-refractivity contribution in [3.05, 3.63) is 0 Å². The van der Waals surface area contributed by atoms with E-state index in [1.807, 2.05) is 0 Å². The normalized spacial score (nSPS) is 12.6. The Kier molecular flexibility index (Phi) is 6.34. The van der Waals surface area contributed by atoms with Gasteiger partial charge < -0.3 is 20.5 Å². The monoisotopic (exact) mass is 300 g/mol. The van der Waals surface area contributed by atoms with Gasteiger partial charge in [0.2, 0.25) is 5.96 Å². The number of nitrogens with one attached hydrogen (secondary N) is 2. The molecule has 0 saturated carbocycles. The van der Waals surface area contributed by atoms with Crippen LogP contribution in [0.2, 0.25) is 0 Å². The number of ether oxygens (including phenoxy) is 2. The van der Waals surface area contributed by atoms with Crippen molar-refractivity contribution < 1.29 is 19.1 Å². The lowest BCUT2D eigenvalue weighted by molar-refractivity contribution is -0.146. The predicted molar refractivity (Wildman–Crippen MR) is 79.4 cm³/mol. The van der Waals surface area contributed by atoms with Gasteiger partial charge in [-0.15, -0.1) is 0 Å². The quantitative estimate of drug-likeness (QED) is 0.410. The van der Waals surface area contributed by atoms with Crippen LogP contribution in [0.4, 0.5) is 4.79 Å². The molecule has 8 heteroatoms. The van der Waals surface area contributed by atoms with Gasteiger partial charge in [0.25, 0.3) is 0 Å². The van der Waals surface area contributed by atoms with Gasteiger partial charge in [0.05, 0.1) is 6.54 Å². The maximum Gasteiger partial charge on any atom is 0.407 e. The van der Waals surface area contributed by atoms with E-state index in [0.29, 0.717) is 0 Å². The lowest BCUT2D eigenvalue weighted by Gasteiger charge is -2.21. The molecule has 120 valence electrons. The number of carbonyl (C=O) groups excluding carboxylic acids is 2. The molecule has 8 nitrogen and oxygen atoms in total. The van der Waals surface area contributed by atoms with Gasteiger partial charge in [-0.3, -0.25) is 5.41 Å². The SMILES string of the molecule is CC(C)(C)OC(=O)NC/C(=N\C(=N)N)C(=O)OC(C)(C)C. The minimum absolute atomic E-state index is 0.178. The fourth-order valence-electron chi connectivity index (χ4n) is 1.11. The molecule has 21 heavy (non-hydrogen) atoms. The summed E-state index contributed by atoms with van der Waals surface area (Å²) in [7, 11) is 0. The Morgan fingerprint density at radius 3 is 1.95 bits per heavy atom. The molecular weight excluding hydrogens is 276 g/mol. The van der Waals surface area contributed by atoms with E-state index in [1.165, 1.54) is 0 Å². The lowest BCUT2D eigenvalue weighted by Crippen LogP contribution is -2.40. The third-order valence-corrected chi connectivity index (χ3v) is 1.69. The number of nitrogens with two attached hydrogens (primary N) is 1. The standard InChI is InChI=1S/C13H24N4O4/c1-12(2,3)20-9(18)8(17-10(14)15)7-16-11(19)21-13(4,5)6/h7H2,1-6H3,(H3,14,15)(H,16,19)/b17-8+. The highest BCUT2D eigenvalue weighted by molar-refractivity contribution is 6.39. The van der Waals surface area contributed by atoms with Gasteiger partial charge >= 0.3 is 12.1 Å². The largest absolute Gasteiger partial charge is 0.455 e. The molecule has 0 unspecified atom stereocenters. The van der Waals surface area contributed by atoms with Crippen LogP contribution in [-0.2, 0) is 14.3 Å². The second kappa shape index (κ2) is 7.05.